The minimum absolute atomic E-state index is 0.0581. The summed E-state index contributed by atoms with van der Waals surface area (Å²) in [6, 6.07) is 15.1. The highest BCUT2D eigenvalue weighted by molar-refractivity contribution is 7.99. The maximum absolute atomic E-state index is 15.3. The molecule has 344 valence electrons. The third-order valence-electron chi connectivity index (χ3n) is 10.3. The topological polar surface area (TPSA) is 151 Å². The predicted octanol–water partition coefficient (Wildman–Crippen LogP) is 7.30. The Morgan fingerprint density at radius 1 is 0.905 bits per heavy atom. The molecule has 17 heteroatoms. The minimum Gasteiger partial charge on any atom is -0.465 e. The van der Waals surface area contributed by atoms with E-state index in [2.05, 4.69) is 25.0 Å². The van der Waals surface area contributed by atoms with E-state index in [0.717, 1.165) is 34.3 Å². The average molecular weight is 912 g/mol. The van der Waals surface area contributed by atoms with E-state index in [1.165, 1.54) is 34.9 Å². The van der Waals surface area contributed by atoms with Gasteiger partial charge in [0, 0.05) is 88.1 Å². The largest absolute Gasteiger partial charge is 0.465 e. The summed E-state index contributed by atoms with van der Waals surface area (Å²) >= 11 is 1.33. The van der Waals surface area contributed by atoms with Crippen molar-refractivity contribution in [1.82, 2.24) is 24.6 Å². The molecule has 2 aromatic carbocycles. The number of nitrogens with one attached hydrogen (secondary N) is 1. The Labute approximate surface area is 375 Å². The van der Waals surface area contributed by atoms with E-state index in [4.69, 9.17) is 9.47 Å². The zero-order chi connectivity index (χ0) is 46.2. The molecule has 0 unspecified atom stereocenters. The van der Waals surface area contributed by atoms with Crippen LogP contribution in [0.2, 0.25) is 25.7 Å². The second kappa shape index (κ2) is 24.3. The number of benzene rings is 2. The van der Waals surface area contributed by atoms with Gasteiger partial charge in [-0.25, -0.2) is 13.6 Å². The molecule has 0 saturated carbocycles. The first-order valence-electron chi connectivity index (χ1n) is 21.3. The maximum atomic E-state index is 15.3. The molecule has 1 aromatic heterocycles. The Morgan fingerprint density at radius 2 is 1.59 bits per heavy atom. The molecule has 0 aliphatic carbocycles. The fraction of sp³-hybridized carbons (Fsp3) is 0.500. The number of carbonyl (C=O) groups is 5. The number of halogens is 2. The summed E-state index contributed by atoms with van der Waals surface area (Å²) < 4.78 is 42.7. The monoisotopic (exact) mass is 911 g/mol. The molecular formula is C46H63F2N5O8SSi. The van der Waals surface area contributed by atoms with Crippen LogP contribution >= 0.6 is 11.8 Å². The molecule has 2 N–H and O–H groups in total. The Balaban J connectivity index is 1.43. The van der Waals surface area contributed by atoms with Gasteiger partial charge in [0.1, 0.15) is 11.6 Å². The molecule has 0 radical (unpaired) electrons. The van der Waals surface area contributed by atoms with Gasteiger partial charge in [-0.2, -0.15) is 11.8 Å². The lowest BCUT2D eigenvalue weighted by Gasteiger charge is -2.41. The summed E-state index contributed by atoms with van der Waals surface area (Å²) in [5, 5.41) is 12.9. The van der Waals surface area contributed by atoms with Crippen LogP contribution in [-0.2, 0) is 35.2 Å². The van der Waals surface area contributed by atoms with Crippen LogP contribution in [0.25, 0.3) is 11.1 Å². The number of aromatic nitrogens is 1. The van der Waals surface area contributed by atoms with Gasteiger partial charge < -0.3 is 34.3 Å². The van der Waals surface area contributed by atoms with Crippen molar-refractivity contribution < 1.29 is 47.3 Å². The van der Waals surface area contributed by atoms with Crippen molar-refractivity contribution >= 4 is 49.6 Å². The van der Waals surface area contributed by atoms with Crippen molar-refractivity contribution in [3.8, 4) is 11.1 Å². The number of rotatable bonds is 26. The van der Waals surface area contributed by atoms with Gasteiger partial charge in [0.2, 0.25) is 11.8 Å². The van der Waals surface area contributed by atoms with E-state index >= 15 is 4.39 Å². The number of imide groups is 1. The van der Waals surface area contributed by atoms with Crippen molar-refractivity contribution in [3.05, 3.63) is 95.8 Å². The van der Waals surface area contributed by atoms with Crippen molar-refractivity contribution in [2.24, 2.45) is 5.41 Å². The molecule has 0 saturated heterocycles. The summed E-state index contributed by atoms with van der Waals surface area (Å²) in [5.74, 6) is -1.84. The first-order chi connectivity index (χ1) is 29.8. The predicted molar refractivity (Wildman–Crippen MR) is 244 cm³/mol. The quantitative estimate of drug-likeness (QED) is 0.0481. The lowest BCUT2D eigenvalue weighted by atomic mass is 9.83. The number of amides is 5. The fourth-order valence-electron chi connectivity index (χ4n) is 7.10. The molecule has 63 heavy (non-hydrogen) atoms. The van der Waals surface area contributed by atoms with E-state index in [1.54, 1.807) is 11.1 Å². The van der Waals surface area contributed by atoms with Gasteiger partial charge in [0.25, 0.3) is 11.8 Å². The normalized spacial score (nSPS) is 13.4. The molecule has 1 aliphatic heterocycles. The number of hydrogen-bond donors (Lipinski definition) is 2. The molecule has 0 spiro atoms. The Kier molecular flexibility index (Phi) is 19.6. The summed E-state index contributed by atoms with van der Waals surface area (Å²) in [7, 11) is -1.54. The Hall–Kier alpha value is -4.84. The van der Waals surface area contributed by atoms with Gasteiger partial charge in [-0.1, -0.05) is 70.7 Å². The number of ether oxygens (including phenoxy) is 2. The molecule has 4 rings (SSSR count). The smallest absolute Gasteiger partial charge is 0.407 e. The first-order valence-corrected chi connectivity index (χ1v) is 26.2. The second-order valence-electron chi connectivity index (χ2n) is 17.7. The van der Waals surface area contributed by atoms with Crippen molar-refractivity contribution in [2.45, 2.75) is 71.9 Å². The van der Waals surface area contributed by atoms with E-state index in [1.807, 2.05) is 61.7 Å². The summed E-state index contributed by atoms with van der Waals surface area (Å²) in [4.78, 5) is 67.0. The standard InChI is InChI=1S/C46H63F2N5O8SSi/c1-46(2,3)44(39-29-35(37-30-36(47)13-14-38(37)48)32-51(39)31-34-11-8-7-9-12-34)53(20-10-19-50(45(58)59)22-28-63(4,5)6)43(57)33-62-27-17-40(54)49-18-23-60-25-26-61-24-21-52-41(55)15-16-42(52)56/h7-9,11-16,29-30,32,44H,10,17-28,31,33H2,1-6H3,(H,49,54)(H,58,59)/t44-/m0/s1. The zero-order valence-electron chi connectivity index (χ0n) is 37.4. The fourth-order valence-corrected chi connectivity index (χ4v) is 8.86. The van der Waals surface area contributed by atoms with Crippen LogP contribution < -0.4 is 5.32 Å². The molecule has 0 fully saturated rings. The number of nitrogens with zero attached hydrogens (tertiary/aromatic N) is 4. The number of carboxylic acid groups (broad SMARTS) is 1. The lowest BCUT2D eigenvalue weighted by molar-refractivity contribution is -0.138. The van der Waals surface area contributed by atoms with Crippen LogP contribution in [-0.4, -0.2) is 133 Å². The Morgan fingerprint density at radius 3 is 2.24 bits per heavy atom. The van der Waals surface area contributed by atoms with Crippen molar-refractivity contribution in [2.75, 3.05) is 70.7 Å². The van der Waals surface area contributed by atoms with Crippen LogP contribution in [0.15, 0.2) is 72.9 Å². The summed E-state index contributed by atoms with van der Waals surface area (Å²) in [6.45, 7) is 15.3. The maximum Gasteiger partial charge on any atom is 0.407 e. The second-order valence-corrected chi connectivity index (χ2v) is 24.4. The van der Waals surface area contributed by atoms with Crippen LogP contribution in [0.3, 0.4) is 0 Å². The van der Waals surface area contributed by atoms with Crippen LogP contribution in [0, 0.1) is 17.0 Å². The van der Waals surface area contributed by atoms with Crippen molar-refractivity contribution in [3.63, 3.8) is 0 Å². The molecule has 13 nitrogen and oxygen atoms in total. The molecule has 1 aliphatic rings. The highest BCUT2D eigenvalue weighted by Crippen LogP contribution is 2.41. The van der Waals surface area contributed by atoms with Crippen LogP contribution in [0.5, 0.6) is 0 Å². The molecular weight excluding hydrogens is 849 g/mol. The summed E-state index contributed by atoms with van der Waals surface area (Å²) in [6.07, 6.45) is 3.77. The van der Waals surface area contributed by atoms with Crippen LogP contribution in [0.4, 0.5) is 13.6 Å². The number of carbonyl (C=O) groups excluding carboxylic acids is 4. The summed E-state index contributed by atoms with van der Waals surface area (Å²) in [5.41, 5.74) is 1.68. The highest BCUT2D eigenvalue weighted by atomic mass is 32.2. The Bertz CT molecular complexity index is 2020. The molecule has 0 bridgehead atoms. The van der Waals surface area contributed by atoms with E-state index in [-0.39, 0.29) is 94.0 Å². The van der Waals surface area contributed by atoms with E-state index in [0.29, 0.717) is 30.8 Å². The SMILES string of the molecule is CC(C)(C)[C@H](c1cc(-c2cc(F)ccc2F)cn1Cc1ccccc1)N(CCCN(CC[Si](C)(C)C)C(=O)O)C(=O)CSCCC(=O)NCCOCCOCCN1C(=O)C=CC1=O. The minimum atomic E-state index is -1.54. The lowest BCUT2D eigenvalue weighted by Crippen LogP contribution is -2.44. The zero-order valence-corrected chi connectivity index (χ0v) is 39.2. The van der Waals surface area contributed by atoms with Gasteiger partial charge in [-0.05, 0) is 47.7 Å². The molecule has 2 heterocycles. The third-order valence-corrected chi connectivity index (χ3v) is 13.0. The van der Waals surface area contributed by atoms with Gasteiger partial charge in [-0.15, -0.1) is 0 Å². The van der Waals surface area contributed by atoms with E-state index < -0.39 is 37.3 Å². The van der Waals surface area contributed by atoms with E-state index in [9.17, 15) is 33.5 Å². The number of hydrogen-bond acceptors (Lipinski definition) is 8. The van der Waals surface area contributed by atoms with Gasteiger partial charge in [0.15, 0.2) is 0 Å². The van der Waals surface area contributed by atoms with Gasteiger partial charge in [0.05, 0.1) is 44.8 Å². The van der Waals surface area contributed by atoms with Crippen LogP contribution in [0.1, 0.15) is 50.9 Å². The average Bonchev–Trinajstić information content (AvgIpc) is 3.77. The highest BCUT2D eigenvalue weighted by Gasteiger charge is 2.37. The molecule has 1 atom stereocenters. The first kappa shape index (κ1) is 50.8. The number of thioether (sulfide) groups is 1. The molecule has 3 aromatic rings. The van der Waals surface area contributed by atoms with Crippen molar-refractivity contribution in [1.29, 1.82) is 0 Å². The van der Waals surface area contributed by atoms with Gasteiger partial charge in [-0.3, -0.25) is 24.1 Å². The van der Waals surface area contributed by atoms with Gasteiger partial charge >= 0.3 is 6.09 Å². The third kappa shape index (κ3) is 16.7. The molecule has 5 amide bonds.